The molecule has 0 bridgehead atoms. The highest BCUT2D eigenvalue weighted by Gasteiger charge is 2.29. The Morgan fingerprint density at radius 2 is 2.05 bits per heavy atom. The third-order valence-electron chi connectivity index (χ3n) is 4.74. The van der Waals surface area contributed by atoms with Crippen molar-refractivity contribution in [2.75, 3.05) is 33.3 Å². The van der Waals surface area contributed by atoms with Gasteiger partial charge in [0, 0.05) is 37.8 Å². The molecule has 2 fully saturated rings. The maximum atomic E-state index is 6.27. The monoisotopic (exact) mass is 269 g/mol. The standard InChI is InChI=1S/C15H31N3O/c1-12(2)18-8-9-19-13(11-18)10-17(3)15-7-5-4-6-14(15)16/h12-15H,4-11,16H2,1-3H3. The Kier molecular flexibility index (Phi) is 5.63. The van der Waals surface area contributed by atoms with E-state index < -0.39 is 0 Å². The van der Waals surface area contributed by atoms with Crippen molar-refractivity contribution in [3.8, 4) is 0 Å². The average molecular weight is 269 g/mol. The summed E-state index contributed by atoms with van der Waals surface area (Å²) in [5, 5.41) is 0. The van der Waals surface area contributed by atoms with Crippen LogP contribution in [0.5, 0.6) is 0 Å². The molecule has 0 aromatic rings. The molecular weight excluding hydrogens is 238 g/mol. The molecule has 4 nitrogen and oxygen atoms in total. The second-order valence-corrected chi connectivity index (χ2v) is 6.54. The number of ether oxygens (including phenoxy) is 1. The molecule has 2 aliphatic rings. The Balaban J connectivity index is 1.82. The van der Waals surface area contributed by atoms with Crippen molar-refractivity contribution in [2.24, 2.45) is 5.73 Å². The van der Waals surface area contributed by atoms with Gasteiger partial charge in [-0.3, -0.25) is 9.80 Å². The maximum Gasteiger partial charge on any atom is 0.0829 e. The quantitative estimate of drug-likeness (QED) is 0.835. The highest BCUT2D eigenvalue weighted by Crippen LogP contribution is 2.22. The summed E-state index contributed by atoms with van der Waals surface area (Å²) in [7, 11) is 2.22. The van der Waals surface area contributed by atoms with Crippen molar-refractivity contribution < 1.29 is 4.74 Å². The van der Waals surface area contributed by atoms with Crippen LogP contribution in [0.1, 0.15) is 39.5 Å². The van der Waals surface area contributed by atoms with E-state index in [2.05, 4.69) is 30.7 Å². The molecule has 3 atom stereocenters. The summed E-state index contributed by atoms with van der Waals surface area (Å²) in [5.41, 5.74) is 6.27. The molecule has 0 aromatic carbocycles. The van der Waals surface area contributed by atoms with Gasteiger partial charge in [-0.15, -0.1) is 0 Å². The predicted octanol–water partition coefficient (Wildman–Crippen LogP) is 1.30. The summed E-state index contributed by atoms with van der Waals surface area (Å²) in [6.45, 7) is 8.55. The van der Waals surface area contributed by atoms with E-state index in [0.29, 0.717) is 24.2 Å². The molecule has 1 aliphatic carbocycles. The van der Waals surface area contributed by atoms with Gasteiger partial charge in [-0.2, -0.15) is 0 Å². The number of morpholine rings is 1. The van der Waals surface area contributed by atoms with Gasteiger partial charge in [0.1, 0.15) is 0 Å². The van der Waals surface area contributed by atoms with Crippen LogP contribution in [-0.4, -0.2) is 67.3 Å². The smallest absolute Gasteiger partial charge is 0.0829 e. The van der Waals surface area contributed by atoms with Crippen molar-refractivity contribution in [3.05, 3.63) is 0 Å². The largest absolute Gasteiger partial charge is 0.374 e. The Morgan fingerprint density at radius 3 is 2.74 bits per heavy atom. The predicted molar refractivity (Wildman–Crippen MR) is 79.3 cm³/mol. The minimum absolute atomic E-state index is 0.343. The van der Waals surface area contributed by atoms with Crippen LogP contribution in [0.15, 0.2) is 0 Å². The summed E-state index contributed by atoms with van der Waals surface area (Å²) in [4.78, 5) is 4.96. The van der Waals surface area contributed by atoms with Crippen LogP contribution < -0.4 is 5.73 Å². The Labute approximate surface area is 118 Å². The zero-order valence-electron chi connectivity index (χ0n) is 12.8. The van der Waals surface area contributed by atoms with Crippen molar-refractivity contribution in [1.29, 1.82) is 0 Å². The first-order valence-corrected chi connectivity index (χ1v) is 7.89. The number of likely N-dealkylation sites (N-methyl/N-ethyl adjacent to an activating group) is 1. The van der Waals surface area contributed by atoms with Gasteiger partial charge in [0.05, 0.1) is 12.7 Å². The molecular formula is C15H31N3O. The number of nitrogens with two attached hydrogens (primary N) is 1. The first-order chi connectivity index (χ1) is 9.08. The van der Waals surface area contributed by atoms with E-state index in [1.54, 1.807) is 0 Å². The van der Waals surface area contributed by atoms with E-state index in [1.165, 1.54) is 25.7 Å². The Hall–Kier alpha value is -0.160. The van der Waals surface area contributed by atoms with E-state index in [1.807, 2.05) is 0 Å². The third kappa shape index (κ3) is 4.15. The summed E-state index contributed by atoms with van der Waals surface area (Å²) in [6, 6.07) is 1.52. The first kappa shape index (κ1) is 15.2. The molecule has 0 aromatic heterocycles. The lowest BCUT2D eigenvalue weighted by Gasteiger charge is -2.41. The van der Waals surface area contributed by atoms with Crippen molar-refractivity contribution in [2.45, 2.75) is 63.8 Å². The van der Waals surface area contributed by atoms with E-state index in [9.17, 15) is 0 Å². The lowest BCUT2D eigenvalue weighted by molar-refractivity contribution is -0.0558. The molecule has 1 heterocycles. The van der Waals surface area contributed by atoms with Gasteiger partial charge < -0.3 is 10.5 Å². The molecule has 1 saturated carbocycles. The average Bonchev–Trinajstić information content (AvgIpc) is 2.39. The van der Waals surface area contributed by atoms with Crippen molar-refractivity contribution in [3.63, 3.8) is 0 Å². The van der Waals surface area contributed by atoms with Gasteiger partial charge in [-0.1, -0.05) is 12.8 Å². The van der Waals surface area contributed by atoms with E-state index in [-0.39, 0.29) is 0 Å². The fourth-order valence-corrected chi connectivity index (χ4v) is 3.47. The van der Waals surface area contributed by atoms with Crippen LogP contribution in [0.25, 0.3) is 0 Å². The summed E-state index contributed by atoms with van der Waals surface area (Å²) >= 11 is 0. The van der Waals surface area contributed by atoms with E-state index in [0.717, 1.165) is 26.2 Å². The molecule has 4 heteroatoms. The van der Waals surface area contributed by atoms with Crippen LogP contribution in [-0.2, 0) is 4.74 Å². The Bertz CT molecular complexity index is 272. The molecule has 3 unspecified atom stereocenters. The number of hydrogen-bond acceptors (Lipinski definition) is 4. The highest BCUT2D eigenvalue weighted by molar-refractivity contribution is 4.86. The third-order valence-corrected chi connectivity index (χ3v) is 4.74. The molecule has 2 rings (SSSR count). The van der Waals surface area contributed by atoms with Gasteiger partial charge in [-0.25, -0.2) is 0 Å². The molecule has 19 heavy (non-hydrogen) atoms. The molecule has 0 spiro atoms. The second kappa shape index (κ2) is 7.02. The fourth-order valence-electron chi connectivity index (χ4n) is 3.47. The fraction of sp³-hybridized carbons (Fsp3) is 1.00. The number of hydrogen-bond donors (Lipinski definition) is 1. The summed E-state index contributed by atoms with van der Waals surface area (Å²) in [5.74, 6) is 0. The normalized spacial score (nSPS) is 34.1. The van der Waals surface area contributed by atoms with Crippen LogP contribution in [0.3, 0.4) is 0 Å². The van der Waals surface area contributed by atoms with Crippen molar-refractivity contribution >= 4 is 0 Å². The van der Waals surface area contributed by atoms with Gasteiger partial charge in [0.25, 0.3) is 0 Å². The van der Waals surface area contributed by atoms with Crippen LogP contribution in [0, 0.1) is 0 Å². The zero-order valence-corrected chi connectivity index (χ0v) is 12.8. The van der Waals surface area contributed by atoms with Gasteiger partial charge >= 0.3 is 0 Å². The topological polar surface area (TPSA) is 41.7 Å². The van der Waals surface area contributed by atoms with Crippen LogP contribution >= 0.6 is 0 Å². The lowest BCUT2D eigenvalue weighted by atomic mass is 9.90. The number of rotatable bonds is 4. The van der Waals surface area contributed by atoms with Gasteiger partial charge in [0.15, 0.2) is 0 Å². The lowest BCUT2D eigenvalue weighted by Crippen LogP contribution is -2.54. The summed E-state index contributed by atoms with van der Waals surface area (Å²) in [6.07, 6.45) is 5.39. The molecule has 1 saturated heterocycles. The number of nitrogens with zero attached hydrogens (tertiary/aromatic N) is 2. The van der Waals surface area contributed by atoms with Crippen LogP contribution in [0.2, 0.25) is 0 Å². The molecule has 1 aliphatic heterocycles. The van der Waals surface area contributed by atoms with Gasteiger partial charge in [0.2, 0.25) is 0 Å². The minimum atomic E-state index is 0.343. The maximum absolute atomic E-state index is 6.27. The van der Waals surface area contributed by atoms with Gasteiger partial charge in [-0.05, 0) is 33.7 Å². The first-order valence-electron chi connectivity index (χ1n) is 7.89. The minimum Gasteiger partial charge on any atom is -0.374 e. The molecule has 2 N–H and O–H groups in total. The molecule has 0 radical (unpaired) electrons. The SMILES string of the molecule is CC(C)N1CCOC(CN(C)C2CCCCC2N)C1. The molecule has 112 valence electrons. The zero-order chi connectivity index (χ0) is 13.8. The molecule has 0 amide bonds. The van der Waals surface area contributed by atoms with Crippen LogP contribution in [0.4, 0.5) is 0 Å². The van der Waals surface area contributed by atoms with E-state index in [4.69, 9.17) is 10.5 Å². The Morgan fingerprint density at radius 1 is 1.32 bits per heavy atom. The van der Waals surface area contributed by atoms with E-state index >= 15 is 0 Å². The second-order valence-electron chi connectivity index (χ2n) is 6.54. The highest BCUT2D eigenvalue weighted by atomic mass is 16.5. The van der Waals surface area contributed by atoms with Crippen molar-refractivity contribution in [1.82, 2.24) is 9.80 Å². The summed E-state index contributed by atoms with van der Waals surface area (Å²) < 4.78 is 5.93.